The van der Waals surface area contributed by atoms with E-state index in [0.29, 0.717) is 63.6 Å². The highest BCUT2D eigenvalue weighted by Gasteiger charge is 2.32. The first-order chi connectivity index (χ1) is 16.0. The van der Waals surface area contributed by atoms with E-state index in [1.54, 1.807) is 23.7 Å². The second-order valence-corrected chi connectivity index (χ2v) is 8.81. The van der Waals surface area contributed by atoms with Gasteiger partial charge in [0.05, 0.1) is 16.7 Å². The van der Waals surface area contributed by atoms with Gasteiger partial charge in [-0.2, -0.15) is 0 Å². The Morgan fingerprint density at radius 3 is 2.30 bits per heavy atom. The van der Waals surface area contributed by atoms with E-state index < -0.39 is 0 Å². The fourth-order valence-electron chi connectivity index (χ4n) is 4.94. The number of aromatic nitrogens is 2. The van der Waals surface area contributed by atoms with E-state index in [-0.39, 0.29) is 23.2 Å². The number of hydrogen-bond acceptors (Lipinski definition) is 5. The minimum absolute atomic E-state index is 0.0504. The molecule has 5 rings (SSSR count). The molecule has 2 saturated heterocycles. The van der Waals surface area contributed by atoms with Gasteiger partial charge in [-0.3, -0.25) is 9.59 Å². The van der Waals surface area contributed by atoms with Gasteiger partial charge in [-0.25, -0.2) is 9.37 Å². The van der Waals surface area contributed by atoms with Crippen LogP contribution >= 0.6 is 0 Å². The van der Waals surface area contributed by atoms with Crippen molar-refractivity contribution in [1.82, 2.24) is 14.5 Å². The molecule has 3 heterocycles. The first-order valence-electron chi connectivity index (χ1n) is 11.5. The van der Waals surface area contributed by atoms with Crippen LogP contribution < -0.4 is 15.4 Å². The Kier molecular flexibility index (Phi) is 5.74. The van der Waals surface area contributed by atoms with Crippen molar-refractivity contribution < 1.29 is 9.18 Å². The van der Waals surface area contributed by atoms with E-state index in [2.05, 4.69) is 4.98 Å². The first-order valence-corrected chi connectivity index (χ1v) is 11.5. The molecule has 2 aliphatic rings. The Morgan fingerprint density at radius 1 is 0.909 bits per heavy atom. The summed E-state index contributed by atoms with van der Waals surface area (Å²) in [4.78, 5) is 36.5. The normalized spacial score (nSPS) is 17.6. The van der Waals surface area contributed by atoms with Gasteiger partial charge < -0.3 is 19.3 Å². The molecule has 1 amide bonds. The van der Waals surface area contributed by atoms with Crippen LogP contribution in [0.4, 0.5) is 15.9 Å². The molecule has 33 heavy (non-hydrogen) atoms. The predicted octanol–water partition coefficient (Wildman–Crippen LogP) is 2.64. The van der Waals surface area contributed by atoms with Crippen molar-refractivity contribution in [1.29, 1.82) is 0 Å². The highest BCUT2D eigenvalue weighted by atomic mass is 19.1. The van der Waals surface area contributed by atoms with E-state index in [9.17, 15) is 14.0 Å². The summed E-state index contributed by atoms with van der Waals surface area (Å²) < 4.78 is 15.7. The molecule has 0 bridgehead atoms. The number of piperazine rings is 1. The molecule has 0 aliphatic carbocycles. The molecular formula is C25H28FN5O2. The SMILES string of the molecule is Cn1c(=O)c(N2CCC(C(=O)N3CCN(c4ccccc4F)CC3)CC2)nc2ccccc21. The zero-order valence-electron chi connectivity index (χ0n) is 18.8. The monoisotopic (exact) mass is 449 g/mol. The van der Waals surface area contributed by atoms with Crippen LogP contribution in [0.1, 0.15) is 12.8 Å². The highest BCUT2D eigenvalue weighted by Crippen LogP contribution is 2.25. The molecule has 0 spiro atoms. The predicted molar refractivity (Wildman–Crippen MR) is 127 cm³/mol. The lowest BCUT2D eigenvalue weighted by Gasteiger charge is -2.39. The number of halogens is 1. The van der Waals surface area contributed by atoms with Crippen molar-refractivity contribution in [3.63, 3.8) is 0 Å². The number of nitrogens with zero attached hydrogens (tertiary/aromatic N) is 5. The molecule has 7 nitrogen and oxygen atoms in total. The number of para-hydroxylation sites is 3. The van der Waals surface area contributed by atoms with Gasteiger partial charge in [0.15, 0.2) is 5.82 Å². The summed E-state index contributed by atoms with van der Waals surface area (Å²) in [5.74, 6) is 0.353. The van der Waals surface area contributed by atoms with Crippen LogP contribution in [0.5, 0.6) is 0 Å². The molecule has 0 unspecified atom stereocenters. The fourth-order valence-corrected chi connectivity index (χ4v) is 4.94. The van der Waals surface area contributed by atoms with Crippen molar-refractivity contribution in [2.45, 2.75) is 12.8 Å². The van der Waals surface area contributed by atoms with Crippen LogP contribution in [-0.2, 0) is 11.8 Å². The lowest BCUT2D eigenvalue weighted by Crippen LogP contribution is -2.52. The maximum absolute atomic E-state index is 14.1. The zero-order chi connectivity index (χ0) is 22.9. The van der Waals surface area contributed by atoms with E-state index in [4.69, 9.17) is 0 Å². The highest BCUT2D eigenvalue weighted by molar-refractivity contribution is 5.80. The Bertz CT molecular complexity index is 1230. The number of carbonyl (C=O) groups excluding carboxylic acids is 1. The van der Waals surface area contributed by atoms with Gasteiger partial charge in [-0.05, 0) is 37.1 Å². The third-order valence-corrected chi connectivity index (χ3v) is 6.89. The Hall–Kier alpha value is -3.42. The van der Waals surface area contributed by atoms with Crippen molar-refractivity contribution in [3.8, 4) is 0 Å². The molecular weight excluding hydrogens is 421 g/mol. The molecule has 2 aliphatic heterocycles. The quantitative estimate of drug-likeness (QED) is 0.615. The van der Waals surface area contributed by atoms with Crippen molar-refractivity contribution in [3.05, 3.63) is 64.7 Å². The van der Waals surface area contributed by atoms with E-state index >= 15 is 0 Å². The van der Waals surface area contributed by atoms with Gasteiger partial charge in [-0.1, -0.05) is 24.3 Å². The fraction of sp³-hybridized carbons (Fsp3) is 0.400. The average Bonchev–Trinajstić information content (AvgIpc) is 2.86. The summed E-state index contributed by atoms with van der Waals surface area (Å²) >= 11 is 0. The number of anilines is 2. The van der Waals surface area contributed by atoms with Gasteiger partial charge in [0, 0.05) is 52.2 Å². The lowest BCUT2D eigenvalue weighted by atomic mass is 9.95. The summed E-state index contributed by atoms with van der Waals surface area (Å²) in [6.45, 7) is 3.71. The standard InChI is InChI=1S/C25H28FN5O2/c1-28-22-9-5-3-7-20(22)27-23(25(28)33)30-12-10-18(11-13-30)24(32)31-16-14-29(15-17-31)21-8-4-2-6-19(21)26/h2-9,18H,10-17H2,1H3. The average molecular weight is 450 g/mol. The van der Waals surface area contributed by atoms with Gasteiger partial charge in [-0.15, -0.1) is 0 Å². The van der Waals surface area contributed by atoms with Crippen LogP contribution in [0.2, 0.25) is 0 Å². The summed E-state index contributed by atoms with van der Waals surface area (Å²) in [5, 5.41) is 0. The summed E-state index contributed by atoms with van der Waals surface area (Å²) in [6.07, 6.45) is 1.40. The number of carbonyl (C=O) groups is 1. The molecule has 1 aromatic heterocycles. The van der Waals surface area contributed by atoms with Crippen molar-refractivity contribution in [2.24, 2.45) is 13.0 Å². The molecule has 2 fully saturated rings. The summed E-state index contributed by atoms with van der Waals surface area (Å²) in [6, 6.07) is 14.4. The Labute approximate surface area is 192 Å². The van der Waals surface area contributed by atoms with Gasteiger partial charge >= 0.3 is 0 Å². The van der Waals surface area contributed by atoms with Crippen LogP contribution in [0, 0.1) is 11.7 Å². The van der Waals surface area contributed by atoms with Gasteiger partial charge in [0.2, 0.25) is 5.91 Å². The largest absolute Gasteiger partial charge is 0.366 e. The molecule has 172 valence electrons. The molecule has 3 aromatic rings. The summed E-state index contributed by atoms with van der Waals surface area (Å²) in [7, 11) is 1.77. The summed E-state index contributed by atoms with van der Waals surface area (Å²) in [5.41, 5.74) is 2.09. The number of fused-ring (bicyclic) bond motifs is 1. The molecule has 8 heteroatoms. The van der Waals surface area contributed by atoms with E-state index in [1.165, 1.54) is 6.07 Å². The third-order valence-electron chi connectivity index (χ3n) is 6.89. The number of hydrogen-bond donors (Lipinski definition) is 0. The molecule has 0 radical (unpaired) electrons. The Morgan fingerprint density at radius 2 is 1.58 bits per heavy atom. The maximum Gasteiger partial charge on any atom is 0.293 e. The minimum atomic E-state index is -0.224. The lowest BCUT2D eigenvalue weighted by molar-refractivity contribution is -0.136. The van der Waals surface area contributed by atoms with Crippen molar-refractivity contribution >= 4 is 28.4 Å². The molecule has 0 atom stereocenters. The molecule has 0 N–H and O–H groups in total. The van der Waals surface area contributed by atoms with Gasteiger partial charge in [0.25, 0.3) is 5.56 Å². The maximum atomic E-state index is 14.1. The Balaban J connectivity index is 1.21. The first kappa shape index (κ1) is 21.4. The number of rotatable bonds is 3. The molecule has 2 aromatic carbocycles. The number of piperidine rings is 1. The van der Waals surface area contributed by atoms with Crippen LogP contribution in [0.25, 0.3) is 11.0 Å². The number of amides is 1. The van der Waals surface area contributed by atoms with Crippen LogP contribution in [0.3, 0.4) is 0 Å². The zero-order valence-corrected chi connectivity index (χ0v) is 18.8. The number of benzene rings is 2. The third kappa shape index (κ3) is 4.05. The number of aryl methyl sites for hydroxylation is 1. The van der Waals surface area contributed by atoms with Crippen LogP contribution in [0.15, 0.2) is 53.3 Å². The topological polar surface area (TPSA) is 61.7 Å². The second kappa shape index (κ2) is 8.84. The minimum Gasteiger partial charge on any atom is -0.366 e. The van der Waals surface area contributed by atoms with Gasteiger partial charge in [0.1, 0.15) is 5.82 Å². The van der Waals surface area contributed by atoms with E-state index in [0.717, 1.165) is 11.0 Å². The van der Waals surface area contributed by atoms with E-state index in [1.807, 2.05) is 45.0 Å². The smallest absolute Gasteiger partial charge is 0.293 e. The van der Waals surface area contributed by atoms with Crippen molar-refractivity contribution in [2.75, 3.05) is 49.1 Å². The molecule has 0 saturated carbocycles. The second-order valence-electron chi connectivity index (χ2n) is 8.81. The van der Waals surface area contributed by atoms with Crippen LogP contribution in [-0.4, -0.2) is 59.6 Å².